The summed E-state index contributed by atoms with van der Waals surface area (Å²) in [5.74, 6) is 0.347. The van der Waals surface area contributed by atoms with E-state index in [4.69, 9.17) is 16.0 Å². The van der Waals surface area contributed by atoms with Crippen molar-refractivity contribution in [2.45, 2.75) is 132 Å². The van der Waals surface area contributed by atoms with Crippen molar-refractivity contribution in [2.75, 3.05) is 19.7 Å². The minimum Gasteiger partial charge on any atom is -0.417 e. The van der Waals surface area contributed by atoms with Crippen molar-refractivity contribution in [2.24, 2.45) is 5.92 Å². The Labute approximate surface area is 285 Å². The molecule has 0 spiro atoms. The van der Waals surface area contributed by atoms with Crippen molar-refractivity contribution in [1.82, 2.24) is 8.61 Å². The van der Waals surface area contributed by atoms with Gasteiger partial charge in [-0.05, 0) is 105 Å². The summed E-state index contributed by atoms with van der Waals surface area (Å²) in [7, 11) is -9.53. The van der Waals surface area contributed by atoms with Gasteiger partial charge in [-0.15, -0.1) is 0 Å². The van der Waals surface area contributed by atoms with Crippen LogP contribution in [0.4, 0.5) is 0 Å². The fourth-order valence-corrected chi connectivity index (χ4v) is 10.8. The summed E-state index contributed by atoms with van der Waals surface area (Å²) in [5, 5.41) is 0.736. The average Bonchev–Trinajstić information content (AvgIpc) is 3.54. The van der Waals surface area contributed by atoms with E-state index >= 15 is 0 Å². The van der Waals surface area contributed by atoms with Crippen molar-refractivity contribution >= 4 is 40.0 Å². The van der Waals surface area contributed by atoms with Crippen LogP contribution in [0, 0.1) is 5.92 Å². The Hall–Kier alpha value is -1.27. The Bertz CT molecular complexity index is 1460. The Morgan fingerprint density at radius 3 is 1.89 bits per heavy atom. The third-order valence-electron chi connectivity index (χ3n) is 10.3. The first-order valence-electron chi connectivity index (χ1n) is 17.1. The summed E-state index contributed by atoms with van der Waals surface area (Å²) >= 11 is 6.07. The minimum absolute atomic E-state index is 0.0873. The first kappa shape index (κ1) is 37.5. The molecule has 2 aliphatic rings. The number of hydrogen-bond donors (Lipinski definition) is 0. The molecule has 0 atom stereocenters. The number of halogens is 1. The van der Waals surface area contributed by atoms with Crippen LogP contribution in [0.3, 0.4) is 0 Å². The molecule has 0 N–H and O–H groups in total. The average molecular weight is 712 g/mol. The summed E-state index contributed by atoms with van der Waals surface area (Å²) < 4.78 is 65.7. The van der Waals surface area contributed by atoms with Crippen molar-refractivity contribution in [3.05, 3.63) is 59.1 Å². The maximum absolute atomic E-state index is 14.1. The van der Waals surface area contributed by atoms with Crippen LogP contribution in [0.5, 0.6) is 0 Å². The molecule has 2 aromatic rings. The smallest absolute Gasteiger partial charge is 0.243 e. The maximum atomic E-state index is 14.1. The highest BCUT2D eigenvalue weighted by Crippen LogP contribution is 2.37. The van der Waals surface area contributed by atoms with Crippen molar-refractivity contribution in [3.63, 3.8) is 0 Å². The number of rotatable bonds is 15. The number of unbranched alkanes of at least 4 members (excludes halogenated alkanes) is 1. The first-order valence-corrected chi connectivity index (χ1v) is 23.3. The Balaban J connectivity index is 1.50. The molecular weight excluding hydrogens is 656 g/mol. The van der Waals surface area contributed by atoms with Crippen LogP contribution in [-0.2, 0) is 31.0 Å². The fraction of sp³-hybridized carbons (Fsp3) is 0.657. The zero-order valence-corrected chi connectivity index (χ0v) is 31.9. The van der Waals surface area contributed by atoms with E-state index < -0.39 is 28.4 Å². The number of benzene rings is 2. The Morgan fingerprint density at radius 2 is 1.33 bits per heavy atom. The topological polar surface area (TPSA) is 84.0 Å². The van der Waals surface area contributed by atoms with Crippen LogP contribution >= 0.6 is 11.6 Å². The quantitative estimate of drug-likeness (QED) is 0.136. The van der Waals surface area contributed by atoms with Gasteiger partial charge in [0.2, 0.25) is 20.0 Å². The highest BCUT2D eigenvalue weighted by atomic mass is 35.5. The largest absolute Gasteiger partial charge is 0.417 e. The van der Waals surface area contributed by atoms with Gasteiger partial charge in [0.1, 0.15) is 0 Å². The summed E-state index contributed by atoms with van der Waals surface area (Å²) in [4.78, 5) is 0.263. The third kappa shape index (κ3) is 9.67. The van der Waals surface area contributed by atoms with Crippen molar-refractivity contribution in [3.8, 4) is 0 Å². The Morgan fingerprint density at radius 1 is 0.783 bits per heavy atom. The Kier molecular flexibility index (Phi) is 13.0. The lowest BCUT2D eigenvalue weighted by molar-refractivity contribution is 0.255. The molecule has 2 aliphatic carbocycles. The molecule has 4 rings (SSSR count). The van der Waals surface area contributed by atoms with E-state index in [1.165, 1.54) is 30.7 Å². The van der Waals surface area contributed by atoms with E-state index in [-0.39, 0.29) is 27.4 Å². The molecule has 258 valence electrons. The van der Waals surface area contributed by atoms with E-state index in [0.717, 1.165) is 63.4 Å². The molecule has 2 fully saturated rings. The molecule has 2 aromatic carbocycles. The predicted octanol–water partition coefficient (Wildman–Crippen LogP) is 8.85. The number of hydrogen-bond acceptors (Lipinski definition) is 5. The second-order valence-electron chi connectivity index (χ2n) is 14.8. The van der Waals surface area contributed by atoms with Gasteiger partial charge in [0.05, 0.1) is 9.79 Å². The van der Waals surface area contributed by atoms with Crippen LogP contribution in [-0.4, -0.2) is 59.5 Å². The van der Waals surface area contributed by atoms with Gasteiger partial charge in [0.25, 0.3) is 0 Å². The summed E-state index contributed by atoms with van der Waals surface area (Å²) in [6.45, 7) is 13.0. The van der Waals surface area contributed by atoms with Gasteiger partial charge in [0, 0.05) is 37.3 Å². The second kappa shape index (κ2) is 16.0. The van der Waals surface area contributed by atoms with E-state index in [1.807, 2.05) is 12.1 Å². The highest BCUT2D eigenvalue weighted by Gasteiger charge is 2.37. The second-order valence-corrected chi connectivity index (χ2v) is 23.8. The van der Waals surface area contributed by atoms with Gasteiger partial charge < -0.3 is 4.43 Å². The van der Waals surface area contributed by atoms with Gasteiger partial charge in [-0.2, -0.15) is 8.61 Å². The van der Waals surface area contributed by atoms with Gasteiger partial charge in [-0.1, -0.05) is 76.6 Å². The standard InChI is InChI=1S/C35H55ClN2O5S2Si/c1-35(2,3)46(4,5)43-26-12-11-25-37(27-29-13-7-6-8-14-29)44(39,40)33-21-23-34(24-22-33)45(41,42)38(32-15-9-10-16-32)28-30-17-19-31(36)20-18-30/h17-24,29,32H,6-16,25-28H2,1-5H3. The molecule has 11 heteroatoms. The summed E-state index contributed by atoms with van der Waals surface area (Å²) in [6, 6.07) is 13.1. The maximum Gasteiger partial charge on any atom is 0.243 e. The molecule has 46 heavy (non-hydrogen) atoms. The molecular formula is C35H55ClN2O5S2Si. The molecule has 0 saturated heterocycles. The lowest BCUT2D eigenvalue weighted by Crippen LogP contribution is -2.41. The first-order chi connectivity index (χ1) is 21.6. The van der Waals surface area contributed by atoms with Gasteiger partial charge in [-0.3, -0.25) is 0 Å². The zero-order chi connectivity index (χ0) is 33.6. The van der Waals surface area contributed by atoms with Crippen LogP contribution in [0.25, 0.3) is 0 Å². The molecule has 0 bridgehead atoms. The number of nitrogens with zero attached hydrogens (tertiary/aromatic N) is 2. The highest BCUT2D eigenvalue weighted by molar-refractivity contribution is 7.89. The molecule has 0 radical (unpaired) electrons. The SMILES string of the molecule is CC(C)(C)[Si](C)(C)OCCCCN(CC1CCCCC1)S(=O)(=O)c1ccc(S(=O)(=O)N(Cc2ccc(Cl)cc2)C2CCCC2)cc1. The van der Waals surface area contributed by atoms with Crippen molar-refractivity contribution < 1.29 is 21.3 Å². The molecule has 7 nitrogen and oxygen atoms in total. The van der Waals surface area contributed by atoms with E-state index in [2.05, 4.69) is 33.9 Å². The molecule has 0 unspecified atom stereocenters. The van der Waals surface area contributed by atoms with Gasteiger partial charge in [0.15, 0.2) is 8.32 Å². The van der Waals surface area contributed by atoms with Crippen LogP contribution < -0.4 is 0 Å². The molecule has 0 amide bonds. The van der Waals surface area contributed by atoms with Crippen LogP contribution in [0.15, 0.2) is 58.3 Å². The minimum atomic E-state index is -3.86. The molecule has 2 saturated carbocycles. The van der Waals surface area contributed by atoms with Crippen LogP contribution in [0.1, 0.15) is 97.0 Å². The summed E-state index contributed by atoms with van der Waals surface area (Å²) in [5.41, 5.74) is 0.868. The lowest BCUT2D eigenvalue weighted by atomic mass is 9.89. The van der Waals surface area contributed by atoms with E-state index in [9.17, 15) is 16.8 Å². The monoisotopic (exact) mass is 710 g/mol. The third-order valence-corrected chi connectivity index (χ3v) is 18.9. The predicted molar refractivity (Wildman–Crippen MR) is 191 cm³/mol. The lowest BCUT2D eigenvalue weighted by Gasteiger charge is -2.36. The molecule has 0 aromatic heterocycles. The van der Waals surface area contributed by atoms with Crippen molar-refractivity contribution in [1.29, 1.82) is 0 Å². The van der Waals surface area contributed by atoms with Gasteiger partial charge >= 0.3 is 0 Å². The zero-order valence-electron chi connectivity index (χ0n) is 28.5. The fourth-order valence-electron chi connectivity index (χ4n) is 6.34. The molecule has 0 aliphatic heterocycles. The normalized spacial score (nSPS) is 17.7. The van der Waals surface area contributed by atoms with Gasteiger partial charge in [-0.25, -0.2) is 16.8 Å². The molecule has 0 heterocycles. The van der Waals surface area contributed by atoms with Crippen LogP contribution in [0.2, 0.25) is 23.2 Å². The van der Waals surface area contributed by atoms with E-state index in [0.29, 0.717) is 37.1 Å². The summed E-state index contributed by atoms with van der Waals surface area (Å²) in [6.07, 6.45) is 10.7. The van der Waals surface area contributed by atoms with E-state index in [1.54, 1.807) is 20.7 Å². The number of sulfonamides is 2.